The Bertz CT molecular complexity index is 527. The number of anilines is 1. The van der Waals surface area contributed by atoms with Crippen LogP contribution in [0.25, 0.3) is 0 Å². The van der Waals surface area contributed by atoms with Gasteiger partial charge in [-0.2, -0.15) is 5.26 Å². The third kappa shape index (κ3) is 4.30. The molecule has 1 fully saturated rings. The molecule has 5 nitrogen and oxygen atoms in total. The minimum atomic E-state index is -0.0428. The highest BCUT2D eigenvalue weighted by Gasteiger charge is 2.30. The van der Waals surface area contributed by atoms with Crippen LogP contribution < -0.4 is 15.1 Å². The molecule has 118 valence electrons. The van der Waals surface area contributed by atoms with Crippen LogP contribution in [0.2, 0.25) is 0 Å². The van der Waals surface area contributed by atoms with E-state index < -0.39 is 0 Å². The number of carbonyl (C=O) groups is 1. The fourth-order valence-electron chi connectivity index (χ4n) is 3.03. The molecule has 0 saturated carbocycles. The lowest BCUT2D eigenvalue weighted by Gasteiger charge is -2.32. The van der Waals surface area contributed by atoms with E-state index in [0.29, 0.717) is 5.56 Å². The first-order valence-electron chi connectivity index (χ1n) is 8.13. The van der Waals surface area contributed by atoms with Gasteiger partial charge in [0.2, 0.25) is 0 Å². The van der Waals surface area contributed by atoms with Crippen molar-refractivity contribution < 1.29 is 14.6 Å². The van der Waals surface area contributed by atoms with E-state index in [0.717, 1.165) is 31.9 Å². The summed E-state index contributed by atoms with van der Waals surface area (Å²) in [5, 5.41) is 11.7. The Morgan fingerprint density at radius 2 is 1.91 bits per heavy atom. The molecule has 0 spiro atoms. The van der Waals surface area contributed by atoms with Crippen LogP contribution in [-0.2, 0) is 4.79 Å². The molecule has 3 N–H and O–H groups in total. The number of nitriles is 1. The van der Waals surface area contributed by atoms with E-state index in [-0.39, 0.29) is 11.9 Å². The lowest BCUT2D eigenvalue weighted by Crippen LogP contribution is -3.30. The van der Waals surface area contributed by atoms with E-state index in [2.05, 4.69) is 18.3 Å². The van der Waals surface area contributed by atoms with Gasteiger partial charge in [0.25, 0.3) is 5.91 Å². The molecule has 1 heterocycles. The number of nitrogens with zero attached hydrogens (tertiary/aromatic N) is 1. The molecule has 0 unspecified atom stereocenters. The molecule has 0 bridgehead atoms. The highest BCUT2D eigenvalue weighted by molar-refractivity contribution is 5.93. The molecule has 1 aromatic carbocycles. The summed E-state index contributed by atoms with van der Waals surface area (Å²) < 4.78 is 0. The molecule has 0 radical (unpaired) electrons. The molecule has 5 heteroatoms. The molecule has 1 aliphatic heterocycles. The smallest absolute Gasteiger partial charge is 0.282 e. The van der Waals surface area contributed by atoms with Crippen molar-refractivity contribution in [3.05, 3.63) is 29.8 Å². The topological polar surface area (TPSA) is 61.8 Å². The van der Waals surface area contributed by atoms with Crippen LogP contribution >= 0.6 is 0 Å². The zero-order chi connectivity index (χ0) is 15.9. The minimum absolute atomic E-state index is 0.0428. The summed E-state index contributed by atoms with van der Waals surface area (Å²) in [6, 6.07) is 9.04. The van der Waals surface area contributed by atoms with E-state index in [1.807, 2.05) is 6.92 Å². The summed E-state index contributed by atoms with van der Waals surface area (Å²) in [5.74, 6) is 0.0543. The van der Waals surface area contributed by atoms with E-state index in [1.54, 1.807) is 29.2 Å². The molecule has 1 aliphatic rings. The monoisotopic (exact) mass is 302 g/mol. The second-order valence-electron chi connectivity index (χ2n) is 6.06. The molecule has 1 atom stereocenters. The van der Waals surface area contributed by atoms with Gasteiger partial charge in [-0.1, -0.05) is 6.92 Å². The van der Waals surface area contributed by atoms with Crippen molar-refractivity contribution in [2.45, 2.75) is 26.3 Å². The molecule has 1 amide bonds. The summed E-state index contributed by atoms with van der Waals surface area (Å²) in [4.78, 5) is 15.4. The van der Waals surface area contributed by atoms with E-state index in [9.17, 15) is 4.79 Å². The zero-order valence-electron chi connectivity index (χ0n) is 13.5. The maximum Gasteiger partial charge on any atom is 0.282 e. The Balaban J connectivity index is 1.85. The highest BCUT2D eigenvalue weighted by atomic mass is 16.2. The number of carbonyl (C=O) groups excluding carboxylic acids is 1. The molecular weight excluding hydrogens is 276 g/mol. The number of hydrogen-bond donors (Lipinski definition) is 3. The first-order chi connectivity index (χ1) is 10.6. The Morgan fingerprint density at radius 3 is 2.45 bits per heavy atom. The van der Waals surface area contributed by atoms with Gasteiger partial charge in [-0.05, 0) is 37.6 Å². The van der Waals surface area contributed by atoms with Crippen molar-refractivity contribution in [2.24, 2.45) is 0 Å². The van der Waals surface area contributed by atoms with Crippen LogP contribution in [0.5, 0.6) is 0 Å². The largest absolute Gasteiger partial charge is 0.326 e. The van der Waals surface area contributed by atoms with Crippen LogP contribution in [-0.4, -0.2) is 44.7 Å². The van der Waals surface area contributed by atoms with Gasteiger partial charge >= 0.3 is 0 Å². The van der Waals surface area contributed by atoms with Gasteiger partial charge in [-0.25, -0.2) is 0 Å². The second-order valence-corrected chi connectivity index (χ2v) is 6.06. The first-order valence-corrected chi connectivity index (χ1v) is 8.13. The first kappa shape index (κ1) is 16.5. The predicted molar refractivity (Wildman–Crippen MR) is 85.8 cm³/mol. The fraction of sp³-hybridized carbons (Fsp3) is 0.529. The maximum atomic E-state index is 12.4. The SMILES string of the molecule is CCC[NH+]1CC[NH+]([C@@H](C)C(=O)Nc2ccc(C#N)cc2)CC1. The zero-order valence-corrected chi connectivity index (χ0v) is 13.5. The molecule has 0 aliphatic carbocycles. The highest BCUT2D eigenvalue weighted by Crippen LogP contribution is 2.08. The average Bonchev–Trinajstić information content (AvgIpc) is 2.56. The van der Waals surface area contributed by atoms with Crippen LogP contribution in [0.4, 0.5) is 5.69 Å². The Labute approximate surface area is 132 Å². The number of quaternary nitrogens is 2. The lowest BCUT2D eigenvalue weighted by molar-refractivity contribution is -1.02. The third-order valence-electron chi connectivity index (χ3n) is 4.49. The van der Waals surface area contributed by atoms with Gasteiger partial charge in [0.1, 0.15) is 26.2 Å². The second kappa shape index (κ2) is 7.92. The number of benzene rings is 1. The van der Waals surface area contributed by atoms with Crippen molar-refractivity contribution >= 4 is 11.6 Å². The number of rotatable bonds is 5. The van der Waals surface area contributed by atoms with Crippen molar-refractivity contribution in [1.82, 2.24) is 0 Å². The van der Waals surface area contributed by atoms with Gasteiger partial charge in [-0.15, -0.1) is 0 Å². The molecule has 0 aromatic heterocycles. The van der Waals surface area contributed by atoms with Crippen LogP contribution in [0.15, 0.2) is 24.3 Å². The van der Waals surface area contributed by atoms with Crippen molar-refractivity contribution in [1.29, 1.82) is 5.26 Å². The van der Waals surface area contributed by atoms with Crippen LogP contribution in [0, 0.1) is 11.3 Å². The van der Waals surface area contributed by atoms with Gasteiger partial charge in [0.05, 0.1) is 18.2 Å². The summed E-state index contributed by atoms with van der Waals surface area (Å²) in [5.41, 5.74) is 1.36. The predicted octanol–water partition coefficient (Wildman–Crippen LogP) is -0.921. The van der Waals surface area contributed by atoms with Crippen molar-refractivity contribution in [3.8, 4) is 6.07 Å². The number of nitrogens with one attached hydrogen (secondary N) is 3. The summed E-state index contributed by atoms with van der Waals surface area (Å²) in [7, 11) is 0. The minimum Gasteiger partial charge on any atom is -0.326 e. The standard InChI is InChI=1S/C17H24N4O/c1-3-8-20-9-11-21(12-10-20)14(2)17(22)19-16-6-4-15(13-18)5-7-16/h4-7,14H,3,8-12H2,1-2H3,(H,19,22)/p+2/t14-/m0/s1. The van der Waals surface area contributed by atoms with E-state index in [4.69, 9.17) is 5.26 Å². The third-order valence-corrected chi connectivity index (χ3v) is 4.49. The van der Waals surface area contributed by atoms with Gasteiger partial charge in [-0.3, -0.25) is 4.79 Å². The van der Waals surface area contributed by atoms with Crippen LogP contribution in [0.3, 0.4) is 0 Å². The normalized spacial score (nSPS) is 22.6. The molecule has 2 rings (SSSR count). The maximum absolute atomic E-state index is 12.4. The number of hydrogen-bond acceptors (Lipinski definition) is 2. The van der Waals surface area contributed by atoms with Crippen LogP contribution in [0.1, 0.15) is 25.8 Å². The number of piperazine rings is 1. The molecule has 1 aromatic rings. The van der Waals surface area contributed by atoms with Crippen molar-refractivity contribution in [2.75, 3.05) is 38.0 Å². The number of amides is 1. The molecule has 22 heavy (non-hydrogen) atoms. The van der Waals surface area contributed by atoms with Gasteiger partial charge in [0.15, 0.2) is 6.04 Å². The Hall–Kier alpha value is -1.90. The molecule has 1 saturated heterocycles. The van der Waals surface area contributed by atoms with Gasteiger partial charge in [0, 0.05) is 5.69 Å². The quantitative estimate of drug-likeness (QED) is 0.659. The summed E-state index contributed by atoms with van der Waals surface area (Å²) >= 11 is 0. The lowest BCUT2D eigenvalue weighted by atomic mass is 10.2. The Morgan fingerprint density at radius 1 is 1.27 bits per heavy atom. The Kier molecular flexibility index (Phi) is 5.93. The average molecular weight is 302 g/mol. The molecular formula is C17H26N4O+2. The van der Waals surface area contributed by atoms with E-state index in [1.165, 1.54) is 17.9 Å². The van der Waals surface area contributed by atoms with Gasteiger partial charge < -0.3 is 15.1 Å². The van der Waals surface area contributed by atoms with Crippen molar-refractivity contribution in [3.63, 3.8) is 0 Å². The van der Waals surface area contributed by atoms with E-state index >= 15 is 0 Å². The summed E-state index contributed by atoms with van der Waals surface area (Å²) in [6.07, 6.45) is 1.22. The fourth-order valence-corrected chi connectivity index (χ4v) is 3.03. The summed E-state index contributed by atoms with van der Waals surface area (Å²) in [6.45, 7) is 9.86.